The Kier molecular flexibility index (Phi) is 6.01. The van der Waals surface area contributed by atoms with Gasteiger partial charge in [-0.15, -0.1) is 0 Å². The van der Waals surface area contributed by atoms with Crippen LogP contribution in [-0.4, -0.2) is 18.8 Å². The molecule has 0 unspecified atom stereocenters. The van der Waals surface area contributed by atoms with Crippen LogP contribution in [0.25, 0.3) is 0 Å². The van der Waals surface area contributed by atoms with Crippen molar-refractivity contribution in [3.8, 4) is 11.5 Å². The Balaban J connectivity index is 2.23. The summed E-state index contributed by atoms with van der Waals surface area (Å²) in [6.45, 7) is -2.87. The van der Waals surface area contributed by atoms with Crippen LogP contribution in [0.4, 0.5) is 14.5 Å². The van der Waals surface area contributed by atoms with Gasteiger partial charge in [-0.2, -0.15) is 8.78 Å². The van der Waals surface area contributed by atoms with Gasteiger partial charge in [-0.1, -0.05) is 29.8 Å². The van der Waals surface area contributed by atoms with Crippen LogP contribution in [0.3, 0.4) is 0 Å². The van der Waals surface area contributed by atoms with Crippen LogP contribution in [0.15, 0.2) is 36.4 Å². The van der Waals surface area contributed by atoms with E-state index in [2.05, 4.69) is 10.1 Å². The van der Waals surface area contributed by atoms with Crippen LogP contribution < -0.4 is 14.8 Å². The molecule has 2 rings (SSSR count). The van der Waals surface area contributed by atoms with Crippen LogP contribution in [0.5, 0.6) is 11.5 Å². The fourth-order valence-electron chi connectivity index (χ4n) is 2.08. The molecule has 124 valence electrons. The lowest BCUT2D eigenvalue weighted by Gasteiger charge is -2.16. The summed E-state index contributed by atoms with van der Waals surface area (Å²) in [7, 11) is 1.38. The van der Waals surface area contributed by atoms with Gasteiger partial charge in [-0.25, -0.2) is 0 Å². The first-order valence-corrected chi connectivity index (χ1v) is 7.16. The number of anilines is 1. The van der Waals surface area contributed by atoms with Gasteiger partial charge in [0.05, 0.1) is 24.4 Å². The summed E-state index contributed by atoms with van der Waals surface area (Å²) >= 11 is 6.08. The molecule has 0 aliphatic heterocycles. The van der Waals surface area contributed by atoms with Gasteiger partial charge in [0.1, 0.15) is 0 Å². The van der Waals surface area contributed by atoms with E-state index in [-0.39, 0.29) is 24.7 Å². The molecule has 0 amide bonds. The topological polar surface area (TPSA) is 50.7 Å². The van der Waals surface area contributed by atoms with Gasteiger partial charge < -0.3 is 19.9 Å². The molecule has 2 aromatic carbocycles. The summed E-state index contributed by atoms with van der Waals surface area (Å²) in [5.41, 5.74) is 1.77. The van der Waals surface area contributed by atoms with Gasteiger partial charge in [0.25, 0.3) is 0 Å². The van der Waals surface area contributed by atoms with Crippen molar-refractivity contribution >= 4 is 17.3 Å². The van der Waals surface area contributed by atoms with Crippen molar-refractivity contribution in [3.05, 3.63) is 52.5 Å². The number of rotatable bonds is 7. The first kappa shape index (κ1) is 17.3. The number of benzene rings is 2. The number of methoxy groups -OCH3 is 1. The van der Waals surface area contributed by atoms with Crippen molar-refractivity contribution in [2.75, 3.05) is 12.4 Å². The predicted octanol–water partition coefficient (Wildman–Crippen LogP) is 4.05. The summed E-state index contributed by atoms with van der Waals surface area (Å²) in [5.74, 6) is 0.201. The molecule has 0 saturated heterocycles. The van der Waals surface area contributed by atoms with Gasteiger partial charge in [0.15, 0.2) is 11.5 Å². The molecule has 0 fully saturated rings. The smallest absolute Gasteiger partial charge is 0.387 e. The molecular weight excluding hydrogens is 328 g/mol. The highest BCUT2D eigenvalue weighted by molar-refractivity contribution is 6.33. The molecular formula is C16H16ClF2NO3. The Hall–Kier alpha value is -2.05. The normalized spacial score (nSPS) is 10.7. The molecule has 2 N–H and O–H groups in total. The lowest BCUT2D eigenvalue weighted by Crippen LogP contribution is -2.09. The summed E-state index contributed by atoms with van der Waals surface area (Å²) in [4.78, 5) is 0. The Morgan fingerprint density at radius 1 is 1.26 bits per heavy atom. The quantitative estimate of drug-likeness (QED) is 0.796. The van der Waals surface area contributed by atoms with E-state index < -0.39 is 6.61 Å². The average Bonchev–Trinajstić information content (AvgIpc) is 2.54. The van der Waals surface area contributed by atoms with E-state index in [1.807, 2.05) is 0 Å². The summed E-state index contributed by atoms with van der Waals surface area (Å²) in [6, 6.07) is 9.91. The van der Waals surface area contributed by atoms with E-state index in [4.69, 9.17) is 21.4 Å². The van der Waals surface area contributed by atoms with E-state index in [1.54, 1.807) is 36.4 Å². The third kappa shape index (κ3) is 4.46. The van der Waals surface area contributed by atoms with Crippen LogP contribution in [0.1, 0.15) is 11.1 Å². The van der Waals surface area contributed by atoms with E-state index in [9.17, 15) is 8.78 Å². The van der Waals surface area contributed by atoms with Crippen molar-refractivity contribution < 1.29 is 23.4 Å². The monoisotopic (exact) mass is 343 g/mol. The lowest BCUT2D eigenvalue weighted by atomic mass is 10.1. The summed E-state index contributed by atoms with van der Waals surface area (Å²) in [6.07, 6.45) is 0. The predicted molar refractivity (Wildman–Crippen MR) is 84.3 cm³/mol. The van der Waals surface area contributed by atoms with Gasteiger partial charge in [-0.3, -0.25) is 0 Å². The van der Waals surface area contributed by atoms with Crippen LogP contribution in [-0.2, 0) is 13.2 Å². The molecule has 4 nitrogen and oxygen atoms in total. The molecule has 0 bridgehead atoms. The number of hydrogen-bond acceptors (Lipinski definition) is 4. The van der Waals surface area contributed by atoms with Gasteiger partial charge in [-0.05, 0) is 23.8 Å². The largest absolute Gasteiger partial charge is 0.493 e. The molecule has 0 aromatic heterocycles. The van der Waals surface area contributed by atoms with E-state index in [0.717, 1.165) is 0 Å². The maximum absolute atomic E-state index is 12.6. The fraction of sp³-hybridized carbons (Fsp3) is 0.250. The average molecular weight is 344 g/mol. The Morgan fingerprint density at radius 3 is 2.70 bits per heavy atom. The first-order chi connectivity index (χ1) is 11.0. The van der Waals surface area contributed by atoms with Crippen molar-refractivity contribution in [1.29, 1.82) is 0 Å². The maximum Gasteiger partial charge on any atom is 0.387 e. The van der Waals surface area contributed by atoms with E-state index in [1.165, 1.54) is 7.11 Å². The molecule has 0 aliphatic rings. The molecule has 0 saturated carbocycles. The third-order valence-electron chi connectivity index (χ3n) is 3.17. The van der Waals surface area contributed by atoms with Crippen molar-refractivity contribution in [2.45, 2.75) is 19.8 Å². The molecule has 0 atom stereocenters. The minimum atomic E-state index is -2.95. The minimum absolute atomic E-state index is 0.0214. The highest BCUT2D eigenvalue weighted by atomic mass is 35.5. The second-order valence-electron chi connectivity index (χ2n) is 4.65. The molecule has 7 heteroatoms. The maximum atomic E-state index is 12.6. The second-order valence-corrected chi connectivity index (χ2v) is 5.06. The molecule has 0 radical (unpaired) electrons. The van der Waals surface area contributed by atoms with Gasteiger partial charge in [0.2, 0.25) is 0 Å². The third-order valence-corrected chi connectivity index (χ3v) is 3.50. The zero-order valence-corrected chi connectivity index (χ0v) is 13.1. The number of aliphatic hydroxyl groups is 1. The minimum Gasteiger partial charge on any atom is -0.493 e. The van der Waals surface area contributed by atoms with Crippen molar-refractivity contribution in [3.63, 3.8) is 0 Å². The number of para-hydroxylation sites is 1. The highest BCUT2D eigenvalue weighted by Crippen LogP contribution is 2.33. The zero-order valence-electron chi connectivity index (χ0n) is 12.4. The van der Waals surface area contributed by atoms with E-state index in [0.29, 0.717) is 21.8 Å². The van der Waals surface area contributed by atoms with E-state index >= 15 is 0 Å². The van der Waals surface area contributed by atoms with Gasteiger partial charge >= 0.3 is 6.61 Å². The van der Waals surface area contributed by atoms with Crippen molar-refractivity contribution in [1.82, 2.24) is 0 Å². The number of alkyl halides is 2. The van der Waals surface area contributed by atoms with Gasteiger partial charge in [0, 0.05) is 12.1 Å². The standard InChI is InChI=1S/C16H16ClF2NO3/c1-22-14-4-2-3-11(15(14)23-16(18)19)8-20-13-7-10(9-21)5-6-12(13)17/h2-7,16,20-21H,8-9H2,1H3. The SMILES string of the molecule is COc1cccc(CNc2cc(CO)ccc2Cl)c1OC(F)F. The summed E-state index contributed by atoms with van der Waals surface area (Å²) < 4.78 is 34.8. The molecule has 2 aromatic rings. The van der Waals surface area contributed by atoms with Crippen LogP contribution >= 0.6 is 11.6 Å². The molecule has 0 spiro atoms. The lowest BCUT2D eigenvalue weighted by molar-refractivity contribution is -0.0517. The molecule has 0 heterocycles. The number of ether oxygens (including phenoxy) is 2. The Labute approximate surface area is 137 Å². The number of halogens is 3. The molecule has 0 aliphatic carbocycles. The second kappa shape index (κ2) is 7.99. The number of aliphatic hydroxyl groups excluding tert-OH is 1. The van der Waals surface area contributed by atoms with Crippen LogP contribution in [0.2, 0.25) is 5.02 Å². The Bertz CT molecular complexity index is 668. The number of hydrogen-bond donors (Lipinski definition) is 2. The summed E-state index contributed by atoms with van der Waals surface area (Å²) in [5, 5.41) is 12.7. The molecule has 23 heavy (non-hydrogen) atoms. The van der Waals surface area contributed by atoms with Crippen LogP contribution in [0, 0.1) is 0 Å². The number of nitrogens with one attached hydrogen (secondary N) is 1. The van der Waals surface area contributed by atoms with Crippen molar-refractivity contribution in [2.24, 2.45) is 0 Å². The zero-order chi connectivity index (χ0) is 16.8. The highest BCUT2D eigenvalue weighted by Gasteiger charge is 2.15. The fourth-order valence-corrected chi connectivity index (χ4v) is 2.27. The first-order valence-electron chi connectivity index (χ1n) is 6.79. The Morgan fingerprint density at radius 2 is 2.04 bits per heavy atom.